The minimum absolute atomic E-state index is 0.294. The molecule has 0 aromatic carbocycles. The fraction of sp³-hybridized carbons (Fsp3) is 0.400. The molecule has 11 heavy (non-hydrogen) atoms. The van der Waals surface area contributed by atoms with Crippen LogP contribution in [0.5, 0.6) is 0 Å². The van der Waals surface area contributed by atoms with E-state index < -0.39 is 0 Å². The Morgan fingerprint density at radius 1 is 1.82 bits per heavy atom. The van der Waals surface area contributed by atoms with E-state index >= 15 is 0 Å². The van der Waals surface area contributed by atoms with E-state index in [0.717, 1.165) is 0 Å². The summed E-state index contributed by atoms with van der Waals surface area (Å²) in [4.78, 5) is 14.1. The zero-order chi connectivity index (χ0) is 8.10. The molecule has 1 aromatic rings. The minimum atomic E-state index is -0.294. The van der Waals surface area contributed by atoms with Crippen molar-refractivity contribution in [1.29, 1.82) is 0 Å². The molecule has 0 saturated heterocycles. The summed E-state index contributed by atoms with van der Waals surface area (Å²) in [5.74, 6) is 0.349. The van der Waals surface area contributed by atoms with Gasteiger partial charge >= 0.3 is 0 Å². The summed E-state index contributed by atoms with van der Waals surface area (Å²) < 4.78 is 0. The Kier molecular flexibility index (Phi) is 2.91. The molecular formula is C5H8N4OS. The molecule has 0 aliphatic heterocycles. The molecular weight excluding hydrogens is 164 g/mol. The van der Waals surface area contributed by atoms with Gasteiger partial charge in [0.05, 0.1) is 0 Å². The third-order valence-corrected chi connectivity index (χ3v) is 1.86. The molecule has 1 aromatic heterocycles. The van der Waals surface area contributed by atoms with Crippen molar-refractivity contribution in [2.24, 2.45) is 5.73 Å². The highest BCUT2D eigenvalue weighted by Gasteiger charge is 1.97. The predicted octanol–water partition coefficient (Wildman–Crippen LogP) is -0.228. The molecule has 60 valence electrons. The van der Waals surface area contributed by atoms with Gasteiger partial charge in [-0.3, -0.25) is 9.89 Å². The number of H-pyrrole nitrogens is 1. The molecule has 1 rings (SSSR count). The van der Waals surface area contributed by atoms with Crippen molar-refractivity contribution in [3.05, 3.63) is 6.33 Å². The Morgan fingerprint density at radius 2 is 2.64 bits per heavy atom. The first-order chi connectivity index (χ1) is 5.29. The molecule has 0 atom stereocenters. The molecule has 0 spiro atoms. The smallest absolute Gasteiger partial charge is 0.218 e. The van der Waals surface area contributed by atoms with Crippen LogP contribution in [0.1, 0.15) is 6.42 Å². The molecule has 5 nitrogen and oxygen atoms in total. The number of carbonyl (C=O) groups is 1. The van der Waals surface area contributed by atoms with Crippen molar-refractivity contribution in [2.75, 3.05) is 5.75 Å². The Bertz CT molecular complexity index is 222. The highest BCUT2D eigenvalue weighted by molar-refractivity contribution is 7.99. The summed E-state index contributed by atoms with van der Waals surface area (Å²) in [6.07, 6.45) is 1.79. The number of rotatable bonds is 4. The van der Waals surface area contributed by atoms with Crippen LogP contribution in [-0.2, 0) is 4.79 Å². The molecule has 0 aliphatic carbocycles. The van der Waals surface area contributed by atoms with Gasteiger partial charge in [0.15, 0.2) is 5.16 Å². The molecule has 0 radical (unpaired) electrons. The van der Waals surface area contributed by atoms with Crippen LogP contribution >= 0.6 is 11.8 Å². The van der Waals surface area contributed by atoms with Crippen LogP contribution in [-0.4, -0.2) is 26.8 Å². The van der Waals surface area contributed by atoms with Crippen LogP contribution in [0.25, 0.3) is 0 Å². The van der Waals surface area contributed by atoms with E-state index in [9.17, 15) is 4.79 Å². The van der Waals surface area contributed by atoms with Gasteiger partial charge in [-0.15, -0.1) is 0 Å². The highest BCUT2D eigenvalue weighted by Crippen LogP contribution is 2.10. The number of amides is 1. The number of hydrogen-bond donors (Lipinski definition) is 2. The van der Waals surface area contributed by atoms with E-state index in [2.05, 4.69) is 15.2 Å². The third-order valence-electron chi connectivity index (χ3n) is 0.980. The largest absolute Gasteiger partial charge is 0.370 e. The van der Waals surface area contributed by atoms with Crippen LogP contribution in [0.3, 0.4) is 0 Å². The summed E-state index contributed by atoms with van der Waals surface area (Å²) in [6, 6.07) is 0. The van der Waals surface area contributed by atoms with Crippen molar-refractivity contribution >= 4 is 17.7 Å². The first kappa shape index (κ1) is 8.06. The first-order valence-corrected chi connectivity index (χ1v) is 4.04. The maximum Gasteiger partial charge on any atom is 0.218 e. The Labute approximate surface area is 67.8 Å². The summed E-state index contributed by atoms with van der Waals surface area (Å²) >= 11 is 1.43. The van der Waals surface area contributed by atoms with Gasteiger partial charge in [0, 0.05) is 12.2 Å². The minimum Gasteiger partial charge on any atom is -0.370 e. The highest BCUT2D eigenvalue weighted by atomic mass is 32.2. The Balaban J connectivity index is 2.19. The number of hydrogen-bond acceptors (Lipinski definition) is 4. The van der Waals surface area contributed by atoms with E-state index in [-0.39, 0.29) is 5.91 Å². The molecule has 6 heteroatoms. The lowest BCUT2D eigenvalue weighted by molar-refractivity contribution is -0.117. The average Bonchev–Trinajstić information content (AvgIpc) is 2.39. The van der Waals surface area contributed by atoms with Crippen molar-refractivity contribution in [3.63, 3.8) is 0 Å². The number of nitrogens with zero attached hydrogens (tertiary/aromatic N) is 2. The molecule has 0 aliphatic rings. The molecule has 0 saturated carbocycles. The molecule has 0 unspecified atom stereocenters. The normalized spacial score (nSPS) is 9.82. The van der Waals surface area contributed by atoms with Gasteiger partial charge < -0.3 is 5.73 Å². The average molecular weight is 172 g/mol. The molecule has 1 amide bonds. The van der Waals surface area contributed by atoms with Gasteiger partial charge in [0.1, 0.15) is 6.33 Å². The van der Waals surface area contributed by atoms with Crippen LogP contribution in [0, 0.1) is 0 Å². The number of nitrogens with one attached hydrogen (secondary N) is 1. The van der Waals surface area contributed by atoms with Gasteiger partial charge in [-0.25, -0.2) is 4.98 Å². The lowest BCUT2D eigenvalue weighted by atomic mass is 10.5. The summed E-state index contributed by atoms with van der Waals surface area (Å²) in [5.41, 5.74) is 4.93. The second-order valence-corrected chi connectivity index (χ2v) is 2.94. The summed E-state index contributed by atoms with van der Waals surface area (Å²) in [6.45, 7) is 0. The maximum atomic E-state index is 10.3. The van der Waals surface area contributed by atoms with E-state index in [1.807, 2.05) is 0 Å². The van der Waals surface area contributed by atoms with Crippen molar-refractivity contribution < 1.29 is 4.79 Å². The van der Waals surface area contributed by atoms with Gasteiger partial charge in [-0.2, -0.15) is 5.10 Å². The summed E-state index contributed by atoms with van der Waals surface area (Å²) in [7, 11) is 0. The quantitative estimate of drug-likeness (QED) is 0.614. The zero-order valence-electron chi connectivity index (χ0n) is 5.78. The third kappa shape index (κ3) is 3.03. The van der Waals surface area contributed by atoms with Gasteiger partial charge in [-0.1, -0.05) is 11.8 Å². The SMILES string of the molecule is NC(=O)CCSc1ncn[nH]1. The van der Waals surface area contributed by atoms with Crippen LogP contribution < -0.4 is 5.73 Å². The second kappa shape index (κ2) is 3.97. The lowest BCUT2D eigenvalue weighted by Gasteiger charge is -1.92. The molecule has 0 bridgehead atoms. The number of carbonyl (C=O) groups excluding carboxylic acids is 1. The standard InChI is InChI=1S/C5H8N4OS/c6-4(10)1-2-11-5-7-3-8-9-5/h3H,1-2H2,(H2,6,10)(H,7,8,9). The van der Waals surface area contributed by atoms with Gasteiger partial charge in [-0.05, 0) is 0 Å². The monoisotopic (exact) mass is 172 g/mol. The molecule has 1 heterocycles. The number of aromatic amines is 1. The molecule has 0 fully saturated rings. The topological polar surface area (TPSA) is 84.7 Å². The van der Waals surface area contributed by atoms with E-state index in [0.29, 0.717) is 17.3 Å². The van der Waals surface area contributed by atoms with Crippen LogP contribution in [0.15, 0.2) is 11.5 Å². The Morgan fingerprint density at radius 3 is 3.18 bits per heavy atom. The second-order valence-electron chi connectivity index (χ2n) is 1.86. The van der Waals surface area contributed by atoms with Crippen molar-refractivity contribution in [1.82, 2.24) is 15.2 Å². The number of nitrogens with two attached hydrogens (primary N) is 1. The van der Waals surface area contributed by atoms with Crippen molar-refractivity contribution in [3.8, 4) is 0 Å². The van der Waals surface area contributed by atoms with Crippen molar-refractivity contribution in [2.45, 2.75) is 11.6 Å². The van der Waals surface area contributed by atoms with Crippen LogP contribution in [0.2, 0.25) is 0 Å². The van der Waals surface area contributed by atoms with E-state index in [1.54, 1.807) is 0 Å². The number of aromatic nitrogens is 3. The Hall–Kier alpha value is -1.04. The molecule has 3 N–H and O–H groups in total. The fourth-order valence-electron chi connectivity index (χ4n) is 0.512. The maximum absolute atomic E-state index is 10.3. The first-order valence-electron chi connectivity index (χ1n) is 3.05. The summed E-state index contributed by atoms with van der Waals surface area (Å²) in [5, 5.41) is 7.02. The van der Waals surface area contributed by atoms with E-state index in [1.165, 1.54) is 18.1 Å². The van der Waals surface area contributed by atoms with Gasteiger partial charge in [0.2, 0.25) is 5.91 Å². The van der Waals surface area contributed by atoms with Crippen LogP contribution in [0.4, 0.5) is 0 Å². The zero-order valence-corrected chi connectivity index (χ0v) is 6.60. The fourth-order valence-corrected chi connectivity index (χ4v) is 1.25. The predicted molar refractivity (Wildman–Crippen MR) is 40.9 cm³/mol. The van der Waals surface area contributed by atoms with E-state index in [4.69, 9.17) is 5.73 Å². The lowest BCUT2D eigenvalue weighted by Crippen LogP contribution is -2.10. The number of primary amides is 1. The number of thioether (sulfide) groups is 1. The van der Waals surface area contributed by atoms with Gasteiger partial charge in [0.25, 0.3) is 0 Å².